The molecule has 7 heteroatoms. The zero-order chi connectivity index (χ0) is 15.4. The molecule has 0 aliphatic carbocycles. The lowest BCUT2D eigenvalue weighted by atomic mass is 9.96. The fraction of sp³-hybridized carbons (Fsp3) is 0.786. The Morgan fingerprint density at radius 1 is 1.57 bits per heavy atom. The minimum absolute atomic E-state index is 0.0517. The van der Waals surface area contributed by atoms with E-state index in [0.717, 1.165) is 18.1 Å². The number of hydrogen-bond acceptors (Lipinski definition) is 7. The maximum atomic E-state index is 12.1. The summed E-state index contributed by atoms with van der Waals surface area (Å²) in [6.45, 7) is 7.06. The number of nitrogens with zero attached hydrogens (tertiary/aromatic N) is 3. The number of aromatic nitrogens is 2. The lowest BCUT2D eigenvalue weighted by molar-refractivity contribution is -0.146. The molecule has 1 aliphatic heterocycles. The van der Waals surface area contributed by atoms with Crippen LogP contribution in [0.1, 0.15) is 44.4 Å². The number of ether oxygens (including phenoxy) is 1. The van der Waals surface area contributed by atoms with Crippen LogP contribution in [0.5, 0.6) is 0 Å². The van der Waals surface area contributed by atoms with Crippen LogP contribution in [0.25, 0.3) is 0 Å². The monoisotopic (exact) mass is 313 g/mol. The largest absolute Gasteiger partial charge is 0.465 e. The van der Waals surface area contributed by atoms with Crippen LogP contribution in [0.4, 0.5) is 0 Å². The fourth-order valence-corrected chi connectivity index (χ4v) is 3.57. The van der Waals surface area contributed by atoms with Gasteiger partial charge in [-0.15, -0.1) is 0 Å². The summed E-state index contributed by atoms with van der Waals surface area (Å²) >= 11 is 1.89. The first-order chi connectivity index (χ1) is 10.0. The summed E-state index contributed by atoms with van der Waals surface area (Å²) in [4.78, 5) is 18.8. The van der Waals surface area contributed by atoms with Crippen LogP contribution in [-0.4, -0.2) is 52.7 Å². The maximum Gasteiger partial charge on any atom is 0.318 e. The van der Waals surface area contributed by atoms with E-state index in [1.54, 1.807) is 6.92 Å². The summed E-state index contributed by atoms with van der Waals surface area (Å²) in [6.07, 6.45) is 0. The molecule has 6 nitrogen and oxygen atoms in total. The van der Waals surface area contributed by atoms with E-state index in [1.807, 2.05) is 25.6 Å². The van der Waals surface area contributed by atoms with Crippen molar-refractivity contribution in [2.75, 3.05) is 31.7 Å². The van der Waals surface area contributed by atoms with E-state index >= 15 is 0 Å². The average molecular weight is 313 g/mol. The first-order valence-electron chi connectivity index (χ1n) is 7.32. The molecule has 1 aliphatic rings. The van der Waals surface area contributed by atoms with Crippen molar-refractivity contribution >= 4 is 17.7 Å². The molecule has 0 saturated carbocycles. The summed E-state index contributed by atoms with van der Waals surface area (Å²) in [6, 6.07) is 0.149. The molecule has 0 N–H and O–H groups in total. The Kier molecular flexibility index (Phi) is 5.64. The lowest BCUT2D eigenvalue weighted by Gasteiger charge is -2.29. The highest BCUT2D eigenvalue weighted by atomic mass is 32.2. The van der Waals surface area contributed by atoms with Gasteiger partial charge < -0.3 is 9.26 Å². The highest BCUT2D eigenvalue weighted by molar-refractivity contribution is 7.99. The molecule has 118 valence electrons. The molecule has 2 atom stereocenters. The van der Waals surface area contributed by atoms with E-state index in [-0.39, 0.29) is 17.9 Å². The Morgan fingerprint density at radius 3 is 2.95 bits per heavy atom. The third-order valence-corrected chi connectivity index (χ3v) is 4.65. The van der Waals surface area contributed by atoms with E-state index in [1.165, 1.54) is 0 Å². The van der Waals surface area contributed by atoms with Gasteiger partial charge in [-0.05, 0) is 19.9 Å². The second-order valence-corrected chi connectivity index (χ2v) is 6.69. The summed E-state index contributed by atoms with van der Waals surface area (Å²) in [5.74, 6) is 2.35. The minimum atomic E-state index is -0.493. The van der Waals surface area contributed by atoms with Crippen molar-refractivity contribution in [2.24, 2.45) is 5.92 Å². The number of esters is 1. The standard InChI is InChI=1S/C14H23N3O3S/c1-5-19-14(18)11(9(2)3)13-15-12(16-20-13)10-8-21-7-6-17(10)4/h9-11H,5-8H2,1-4H3. The first kappa shape index (κ1) is 16.3. The Morgan fingerprint density at radius 2 is 2.33 bits per heavy atom. The van der Waals surface area contributed by atoms with Gasteiger partial charge in [0.25, 0.3) is 0 Å². The van der Waals surface area contributed by atoms with Crippen LogP contribution in [0.2, 0.25) is 0 Å². The quantitative estimate of drug-likeness (QED) is 0.771. The van der Waals surface area contributed by atoms with Crippen LogP contribution in [0.15, 0.2) is 4.52 Å². The summed E-state index contributed by atoms with van der Waals surface area (Å²) < 4.78 is 10.5. The third kappa shape index (κ3) is 3.77. The highest BCUT2D eigenvalue weighted by Crippen LogP contribution is 2.29. The molecular weight excluding hydrogens is 290 g/mol. The number of carbonyl (C=O) groups is 1. The zero-order valence-electron chi connectivity index (χ0n) is 13.0. The zero-order valence-corrected chi connectivity index (χ0v) is 13.9. The molecule has 2 heterocycles. The smallest absolute Gasteiger partial charge is 0.318 e. The van der Waals surface area contributed by atoms with Gasteiger partial charge in [-0.1, -0.05) is 19.0 Å². The average Bonchev–Trinajstić information content (AvgIpc) is 2.88. The SMILES string of the molecule is CCOC(=O)C(c1nc(C2CSCCN2C)no1)C(C)C. The van der Waals surface area contributed by atoms with Crippen LogP contribution in [-0.2, 0) is 9.53 Å². The predicted molar refractivity (Wildman–Crippen MR) is 81.2 cm³/mol. The van der Waals surface area contributed by atoms with Crippen molar-refractivity contribution < 1.29 is 14.1 Å². The number of hydrogen-bond donors (Lipinski definition) is 0. The second-order valence-electron chi connectivity index (χ2n) is 5.54. The molecule has 0 amide bonds. The molecule has 21 heavy (non-hydrogen) atoms. The van der Waals surface area contributed by atoms with Crippen LogP contribution in [0, 0.1) is 5.92 Å². The van der Waals surface area contributed by atoms with Crippen LogP contribution >= 0.6 is 11.8 Å². The number of carbonyl (C=O) groups excluding carboxylic acids is 1. The van der Waals surface area contributed by atoms with Gasteiger partial charge in [0, 0.05) is 18.1 Å². The number of rotatable bonds is 5. The lowest BCUT2D eigenvalue weighted by Crippen LogP contribution is -2.33. The van der Waals surface area contributed by atoms with Crippen molar-refractivity contribution in [1.29, 1.82) is 0 Å². The molecule has 1 aromatic heterocycles. The van der Waals surface area contributed by atoms with Crippen LogP contribution in [0.3, 0.4) is 0 Å². The third-order valence-electron chi connectivity index (χ3n) is 3.62. The topological polar surface area (TPSA) is 68.5 Å². The fourth-order valence-electron chi connectivity index (χ4n) is 2.36. The Balaban J connectivity index is 2.18. The van der Waals surface area contributed by atoms with Crippen molar-refractivity contribution in [1.82, 2.24) is 15.0 Å². The van der Waals surface area contributed by atoms with E-state index in [0.29, 0.717) is 18.3 Å². The molecule has 1 aromatic rings. The molecule has 2 unspecified atom stereocenters. The minimum Gasteiger partial charge on any atom is -0.465 e. The van der Waals surface area contributed by atoms with Gasteiger partial charge in [-0.25, -0.2) is 0 Å². The second kappa shape index (κ2) is 7.26. The molecule has 1 fully saturated rings. The van der Waals surface area contributed by atoms with Gasteiger partial charge >= 0.3 is 5.97 Å². The van der Waals surface area contributed by atoms with Crippen molar-refractivity contribution in [3.63, 3.8) is 0 Å². The van der Waals surface area contributed by atoms with Gasteiger partial charge in [0.15, 0.2) is 5.82 Å². The first-order valence-corrected chi connectivity index (χ1v) is 8.48. The maximum absolute atomic E-state index is 12.1. The van der Waals surface area contributed by atoms with Gasteiger partial charge in [0.2, 0.25) is 5.89 Å². The predicted octanol–water partition coefficient (Wildman–Crippen LogP) is 2.09. The summed E-state index contributed by atoms with van der Waals surface area (Å²) in [7, 11) is 2.06. The van der Waals surface area contributed by atoms with Gasteiger partial charge in [0.05, 0.1) is 12.6 Å². The van der Waals surface area contributed by atoms with Crippen molar-refractivity contribution in [3.05, 3.63) is 11.7 Å². The molecule has 0 bridgehead atoms. The molecular formula is C14H23N3O3S. The summed E-state index contributed by atoms with van der Waals surface area (Å²) in [5.41, 5.74) is 0. The Hall–Kier alpha value is -1.08. The molecule has 1 saturated heterocycles. The Labute approximate surface area is 129 Å². The van der Waals surface area contributed by atoms with Crippen molar-refractivity contribution in [2.45, 2.75) is 32.7 Å². The van der Waals surface area contributed by atoms with Gasteiger partial charge in [-0.2, -0.15) is 16.7 Å². The van der Waals surface area contributed by atoms with Crippen molar-refractivity contribution in [3.8, 4) is 0 Å². The molecule has 2 rings (SSSR count). The van der Waals surface area contributed by atoms with E-state index < -0.39 is 5.92 Å². The van der Waals surface area contributed by atoms with E-state index in [9.17, 15) is 4.79 Å². The van der Waals surface area contributed by atoms with E-state index in [4.69, 9.17) is 9.26 Å². The molecule has 0 aromatic carbocycles. The Bertz CT molecular complexity index is 478. The molecule has 0 radical (unpaired) electrons. The van der Waals surface area contributed by atoms with Gasteiger partial charge in [0.1, 0.15) is 5.92 Å². The number of thioether (sulfide) groups is 1. The van der Waals surface area contributed by atoms with E-state index in [2.05, 4.69) is 22.1 Å². The van der Waals surface area contributed by atoms with Gasteiger partial charge in [-0.3, -0.25) is 9.69 Å². The van der Waals surface area contributed by atoms with Crippen LogP contribution < -0.4 is 0 Å². The molecule has 0 spiro atoms. The normalized spacial score (nSPS) is 21.5. The highest BCUT2D eigenvalue weighted by Gasteiger charge is 2.33. The summed E-state index contributed by atoms with van der Waals surface area (Å²) in [5, 5.41) is 4.09.